The number of hydrogen-bond donors (Lipinski definition) is 2. The van der Waals surface area contributed by atoms with Gasteiger partial charge in [0.05, 0.1) is 6.04 Å². The minimum atomic E-state index is -0.462. The van der Waals surface area contributed by atoms with E-state index in [-0.39, 0.29) is 12.0 Å². The molecule has 0 aromatic rings. The molecule has 0 saturated carbocycles. The molecule has 1 aliphatic heterocycles. The van der Waals surface area contributed by atoms with Gasteiger partial charge in [0.25, 0.3) is 0 Å². The lowest BCUT2D eigenvalue weighted by Crippen LogP contribution is -2.43. The Hall–Kier alpha value is -1.10. The predicted octanol–water partition coefficient (Wildman–Crippen LogP) is 2.79. The van der Waals surface area contributed by atoms with Crippen LogP contribution in [0.4, 0.5) is 0 Å². The third-order valence-electron chi connectivity index (χ3n) is 3.56. The van der Waals surface area contributed by atoms with Crippen molar-refractivity contribution >= 4 is 11.7 Å². The zero-order valence-corrected chi connectivity index (χ0v) is 14.1. The van der Waals surface area contributed by atoms with Crippen molar-refractivity contribution in [2.45, 2.75) is 78.9 Å². The quantitative estimate of drug-likeness (QED) is 0.791. The number of carbonyl (C=O) groups is 1. The zero-order valence-electron chi connectivity index (χ0n) is 14.1. The molecule has 21 heavy (non-hydrogen) atoms. The first-order valence-corrected chi connectivity index (χ1v) is 8.00. The third-order valence-corrected chi connectivity index (χ3v) is 3.56. The molecule has 1 aliphatic rings. The molecule has 2 unspecified atom stereocenters. The lowest BCUT2D eigenvalue weighted by molar-refractivity contribution is -0.121. The maximum absolute atomic E-state index is 11.8. The number of nitrogens with one attached hydrogen (secondary N) is 1. The maximum atomic E-state index is 11.8. The van der Waals surface area contributed by atoms with Crippen LogP contribution >= 0.6 is 0 Å². The number of amidine groups is 1. The van der Waals surface area contributed by atoms with E-state index in [1.165, 1.54) is 0 Å². The largest absolute Gasteiger partial charge is 0.391 e. The Bertz CT molecular complexity index is 374. The van der Waals surface area contributed by atoms with Crippen LogP contribution in [0.25, 0.3) is 0 Å². The Morgan fingerprint density at radius 1 is 1.52 bits per heavy atom. The van der Waals surface area contributed by atoms with Crippen LogP contribution in [0, 0.1) is 11.3 Å². The highest BCUT2D eigenvalue weighted by atomic mass is 16.6. The van der Waals surface area contributed by atoms with Crippen molar-refractivity contribution in [3.63, 3.8) is 0 Å². The summed E-state index contributed by atoms with van der Waals surface area (Å²) in [6.07, 6.45) is 4.42. The van der Waals surface area contributed by atoms with Gasteiger partial charge in [0.2, 0.25) is 5.91 Å². The smallest absolute Gasteiger partial charge is 0.242 e. The fourth-order valence-electron chi connectivity index (χ4n) is 2.88. The summed E-state index contributed by atoms with van der Waals surface area (Å²) in [5.41, 5.74) is 6.11. The second kappa shape index (κ2) is 7.78. The van der Waals surface area contributed by atoms with Crippen LogP contribution in [-0.4, -0.2) is 23.9 Å². The van der Waals surface area contributed by atoms with Crippen molar-refractivity contribution in [1.29, 1.82) is 0 Å². The summed E-state index contributed by atoms with van der Waals surface area (Å²) in [5.74, 6) is 1.02. The van der Waals surface area contributed by atoms with Gasteiger partial charge in [-0.2, -0.15) is 0 Å². The van der Waals surface area contributed by atoms with Crippen LogP contribution in [0.5, 0.6) is 0 Å². The van der Waals surface area contributed by atoms with Crippen molar-refractivity contribution in [2.24, 2.45) is 22.2 Å². The first kappa shape index (κ1) is 18.0. The molecule has 1 rings (SSSR count). The molecule has 0 saturated heterocycles. The molecule has 0 aromatic heterocycles. The number of nitrogens with two attached hydrogens (primary N) is 1. The summed E-state index contributed by atoms with van der Waals surface area (Å²) < 4.78 is 0. The van der Waals surface area contributed by atoms with Crippen molar-refractivity contribution in [3.05, 3.63) is 0 Å². The normalized spacial score (nSPS) is 21.4. The molecule has 0 aliphatic carbocycles. The molecule has 122 valence electrons. The first-order valence-electron chi connectivity index (χ1n) is 8.00. The van der Waals surface area contributed by atoms with Gasteiger partial charge in [-0.25, -0.2) is 0 Å². The first-order chi connectivity index (χ1) is 9.71. The minimum absolute atomic E-state index is 0.0695. The molecule has 0 radical (unpaired) electrons. The molecule has 5 nitrogen and oxygen atoms in total. The molecule has 1 amide bonds. The standard InChI is InChI=1S/C16H31N3O2/c1-6-7-13(17)15(20)18-14-9-12(21-19-14)8-11(2)10-16(3,4)5/h11-13H,6-10,17H2,1-5H3,(H,18,19,20)/t11?,12?,13-/m0/s1. The van der Waals surface area contributed by atoms with Crippen LogP contribution in [0.3, 0.4) is 0 Å². The number of nitrogens with zero attached hydrogens (tertiary/aromatic N) is 1. The van der Waals surface area contributed by atoms with Gasteiger partial charge in [0, 0.05) is 6.42 Å². The van der Waals surface area contributed by atoms with Gasteiger partial charge >= 0.3 is 0 Å². The van der Waals surface area contributed by atoms with Gasteiger partial charge in [-0.3, -0.25) is 4.79 Å². The lowest BCUT2D eigenvalue weighted by atomic mass is 9.83. The molecule has 0 fully saturated rings. The Balaban J connectivity index is 2.33. The van der Waals surface area contributed by atoms with Gasteiger partial charge in [-0.15, -0.1) is 0 Å². The summed E-state index contributed by atoms with van der Waals surface area (Å²) in [7, 11) is 0. The summed E-state index contributed by atoms with van der Waals surface area (Å²) in [4.78, 5) is 17.3. The van der Waals surface area contributed by atoms with Gasteiger partial charge in [0.15, 0.2) is 5.84 Å². The van der Waals surface area contributed by atoms with Crippen molar-refractivity contribution in [3.8, 4) is 0 Å². The van der Waals surface area contributed by atoms with Gasteiger partial charge in [0.1, 0.15) is 6.10 Å². The summed E-state index contributed by atoms with van der Waals surface area (Å²) in [6, 6.07) is -0.462. The van der Waals surface area contributed by atoms with E-state index in [1.807, 2.05) is 6.92 Å². The molecule has 1 heterocycles. The Morgan fingerprint density at radius 2 is 2.19 bits per heavy atom. The second-order valence-electron chi connectivity index (χ2n) is 7.46. The molecular formula is C16H31N3O2. The van der Waals surface area contributed by atoms with Crippen molar-refractivity contribution < 1.29 is 9.63 Å². The number of carbonyl (C=O) groups excluding carboxylic acids is 1. The number of hydrogen-bond acceptors (Lipinski definition) is 4. The summed E-state index contributed by atoms with van der Waals surface area (Å²) >= 11 is 0. The zero-order chi connectivity index (χ0) is 16.0. The number of oxime groups is 1. The van der Waals surface area contributed by atoms with Crippen LogP contribution < -0.4 is 11.1 Å². The molecular weight excluding hydrogens is 266 g/mol. The van der Waals surface area contributed by atoms with Gasteiger partial charge < -0.3 is 15.9 Å². The van der Waals surface area contributed by atoms with E-state index in [4.69, 9.17) is 10.6 Å². The van der Waals surface area contributed by atoms with E-state index in [9.17, 15) is 4.79 Å². The lowest BCUT2D eigenvalue weighted by Gasteiger charge is -2.24. The highest BCUT2D eigenvalue weighted by Crippen LogP contribution is 2.28. The molecule has 0 bridgehead atoms. The van der Waals surface area contributed by atoms with Crippen LogP contribution in [-0.2, 0) is 9.63 Å². The maximum Gasteiger partial charge on any atom is 0.242 e. The van der Waals surface area contributed by atoms with E-state index < -0.39 is 6.04 Å². The Labute approximate surface area is 128 Å². The van der Waals surface area contributed by atoms with Gasteiger partial charge in [-0.1, -0.05) is 46.2 Å². The van der Waals surface area contributed by atoms with Crippen LogP contribution in [0.1, 0.15) is 66.7 Å². The van der Waals surface area contributed by atoms with E-state index >= 15 is 0 Å². The van der Waals surface area contributed by atoms with Crippen molar-refractivity contribution in [2.75, 3.05) is 0 Å². The van der Waals surface area contributed by atoms with E-state index in [0.29, 0.717) is 30.0 Å². The molecule has 0 aromatic carbocycles. The highest BCUT2D eigenvalue weighted by Gasteiger charge is 2.27. The van der Waals surface area contributed by atoms with Crippen LogP contribution in [0.2, 0.25) is 0 Å². The summed E-state index contributed by atoms with van der Waals surface area (Å²) in [6.45, 7) is 11.0. The van der Waals surface area contributed by atoms with Crippen LogP contribution in [0.15, 0.2) is 5.16 Å². The molecule has 3 atom stereocenters. The summed E-state index contributed by atoms with van der Waals surface area (Å²) in [5, 5.41) is 6.75. The molecule has 3 N–H and O–H groups in total. The van der Waals surface area contributed by atoms with E-state index in [1.54, 1.807) is 0 Å². The number of amides is 1. The van der Waals surface area contributed by atoms with E-state index in [0.717, 1.165) is 19.3 Å². The average Bonchev–Trinajstić information content (AvgIpc) is 2.73. The average molecular weight is 297 g/mol. The second-order valence-corrected chi connectivity index (χ2v) is 7.46. The Kier molecular flexibility index (Phi) is 6.65. The number of rotatable bonds is 6. The Morgan fingerprint density at radius 3 is 2.76 bits per heavy atom. The highest BCUT2D eigenvalue weighted by molar-refractivity contribution is 6.00. The van der Waals surface area contributed by atoms with Crippen molar-refractivity contribution in [1.82, 2.24) is 5.32 Å². The van der Waals surface area contributed by atoms with Gasteiger partial charge in [-0.05, 0) is 30.6 Å². The van der Waals surface area contributed by atoms with E-state index in [2.05, 4.69) is 38.2 Å². The third kappa shape index (κ3) is 6.93. The predicted molar refractivity (Wildman–Crippen MR) is 85.8 cm³/mol. The fraction of sp³-hybridized carbons (Fsp3) is 0.875. The monoisotopic (exact) mass is 297 g/mol. The fourth-order valence-corrected chi connectivity index (χ4v) is 2.88. The minimum Gasteiger partial charge on any atom is -0.391 e. The molecule has 0 spiro atoms. The molecule has 5 heteroatoms. The SMILES string of the molecule is CCC[C@H](N)C(=O)NC1=NOC(CC(C)CC(C)(C)C)C1. The topological polar surface area (TPSA) is 76.7 Å².